The lowest BCUT2D eigenvalue weighted by atomic mass is 10.0. The maximum Gasteiger partial charge on any atom is 0.410 e. The highest BCUT2D eigenvalue weighted by atomic mass is 16.6. The minimum absolute atomic E-state index is 0.202. The molecule has 0 bridgehead atoms. The number of hydrogen-bond acceptors (Lipinski definition) is 5. The molecular formula is C17H29N5O2. The van der Waals surface area contributed by atoms with Gasteiger partial charge in [-0.05, 0) is 47.0 Å². The van der Waals surface area contributed by atoms with Gasteiger partial charge in [-0.25, -0.2) is 14.5 Å². The van der Waals surface area contributed by atoms with Crippen LogP contribution in [0.1, 0.15) is 51.7 Å². The number of nitrogens with one attached hydrogen (secondary N) is 1. The summed E-state index contributed by atoms with van der Waals surface area (Å²) in [5.41, 5.74) is -0.442. The van der Waals surface area contributed by atoms with Crippen LogP contribution in [0.5, 0.6) is 0 Å². The third kappa shape index (κ3) is 4.26. The van der Waals surface area contributed by atoms with E-state index in [0.717, 1.165) is 50.4 Å². The van der Waals surface area contributed by atoms with Crippen molar-refractivity contribution in [1.82, 2.24) is 25.0 Å². The number of nitrogens with zero attached hydrogens (tertiary/aromatic N) is 4. The molecule has 0 unspecified atom stereocenters. The van der Waals surface area contributed by atoms with Gasteiger partial charge >= 0.3 is 6.09 Å². The van der Waals surface area contributed by atoms with Crippen molar-refractivity contribution >= 4 is 6.09 Å². The van der Waals surface area contributed by atoms with Crippen molar-refractivity contribution in [3.05, 3.63) is 11.6 Å². The summed E-state index contributed by atoms with van der Waals surface area (Å²) in [6.07, 6.45) is 3.94. The minimum atomic E-state index is -0.442. The summed E-state index contributed by atoms with van der Waals surface area (Å²) in [7, 11) is 0. The zero-order chi connectivity index (χ0) is 17.3. The lowest BCUT2D eigenvalue weighted by molar-refractivity contribution is 0.0181. The summed E-state index contributed by atoms with van der Waals surface area (Å²) < 4.78 is 7.52. The molecule has 7 heteroatoms. The molecule has 1 fully saturated rings. The van der Waals surface area contributed by atoms with E-state index < -0.39 is 5.60 Å². The predicted molar refractivity (Wildman–Crippen MR) is 90.8 cm³/mol. The molecule has 0 saturated carbocycles. The zero-order valence-corrected chi connectivity index (χ0v) is 15.2. The molecular weight excluding hydrogens is 306 g/mol. The van der Waals surface area contributed by atoms with Crippen molar-refractivity contribution in [2.75, 3.05) is 13.1 Å². The molecule has 7 nitrogen and oxygen atoms in total. The highest BCUT2D eigenvalue weighted by Gasteiger charge is 2.30. The van der Waals surface area contributed by atoms with Crippen LogP contribution in [0.4, 0.5) is 4.79 Å². The SMILES string of the molecule is Cc1nc2n(n1)C[C@H](N[C@H]1CCCN(C(=O)OC(C)(C)C)C1)CC2. The fourth-order valence-electron chi connectivity index (χ4n) is 3.51. The molecule has 1 saturated heterocycles. The Morgan fingerprint density at radius 2 is 2.00 bits per heavy atom. The largest absolute Gasteiger partial charge is 0.444 e. The molecule has 1 N–H and O–H groups in total. The van der Waals surface area contributed by atoms with Crippen molar-refractivity contribution in [2.24, 2.45) is 0 Å². The average Bonchev–Trinajstić information content (AvgIpc) is 2.85. The lowest BCUT2D eigenvalue weighted by Gasteiger charge is -2.36. The highest BCUT2D eigenvalue weighted by molar-refractivity contribution is 5.68. The van der Waals surface area contributed by atoms with Gasteiger partial charge in [0.25, 0.3) is 0 Å². The summed E-state index contributed by atoms with van der Waals surface area (Å²) in [6.45, 7) is 10.0. The van der Waals surface area contributed by atoms with Gasteiger partial charge in [0, 0.05) is 31.6 Å². The Kier molecular flexibility index (Phi) is 4.80. The summed E-state index contributed by atoms with van der Waals surface area (Å²) in [6, 6.07) is 0.713. The van der Waals surface area contributed by atoms with Crippen LogP contribution in [0.25, 0.3) is 0 Å². The van der Waals surface area contributed by atoms with E-state index in [0.29, 0.717) is 18.6 Å². The first-order valence-electron chi connectivity index (χ1n) is 8.94. The van der Waals surface area contributed by atoms with Crippen LogP contribution in [0.15, 0.2) is 0 Å². The number of aryl methyl sites for hydroxylation is 2. The molecule has 2 aliphatic heterocycles. The second-order valence-electron chi connectivity index (χ2n) is 7.93. The first-order chi connectivity index (χ1) is 11.3. The summed E-state index contributed by atoms with van der Waals surface area (Å²) in [5.74, 6) is 1.93. The third-order valence-corrected chi connectivity index (χ3v) is 4.51. The number of fused-ring (bicyclic) bond motifs is 1. The van der Waals surface area contributed by atoms with E-state index in [2.05, 4.69) is 15.4 Å². The Hall–Kier alpha value is -1.63. The standard InChI is InChI=1S/C17H29N5O2/c1-12-18-15-8-7-14(11-22(15)20-12)19-13-6-5-9-21(10-13)16(23)24-17(2,3)4/h13-14,19H,5-11H2,1-4H3/t13-,14+/m0/s1. The number of aromatic nitrogens is 3. The van der Waals surface area contributed by atoms with Gasteiger partial charge in [-0.15, -0.1) is 0 Å². The van der Waals surface area contributed by atoms with Gasteiger partial charge in [-0.3, -0.25) is 0 Å². The second-order valence-corrected chi connectivity index (χ2v) is 7.93. The van der Waals surface area contributed by atoms with Gasteiger partial charge in [0.2, 0.25) is 0 Å². The number of ether oxygens (including phenoxy) is 1. The maximum absolute atomic E-state index is 12.3. The van der Waals surface area contributed by atoms with Crippen LogP contribution >= 0.6 is 0 Å². The van der Waals surface area contributed by atoms with Crippen LogP contribution < -0.4 is 5.32 Å². The molecule has 1 aromatic heterocycles. The maximum atomic E-state index is 12.3. The number of carbonyl (C=O) groups excluding carboxylic acids is 1. The molecule has 3 heterocycles. The predicted octanol–water partition coefficient (Wildman–Crippen LogP) is 1.89. The first-order valence-corrected chi connectivity index (χ1v) is 8.94. The summed E-state index contributed by atoms with van der Waals surface area (Å²) in [5, 5.41) is 8.18. The molecule has 2 aliphatic rings. The van der Waals surface area contributed by atoms with Crippen molar-refractivity contribution in [1.29, 1.82) is 0 Å². The topological polar surface area (TPSA) is 72.3 Å². The zero-order valence-electron chi connectivity index (χ0n) is 15.2. The van der Waals surface area contributed by atoms with Gasteiger partial charge in [0.05, 0.1) is 6.54 Å². The van der Waals surface area contributed by atoms with Crippen LogP contribution in [0, 0.1) is 6.92 Å². The summed E-state index contributed by atoms with van der Waals surface area (Å²) in [4.78, 5) is 18.6. The fourth-order valence-corrected chi connectivity index (χ4v) is 3.51. The monoisotopic (exact) mass is 335 g/mol. The molecule has 0 spiro atoms. The van der Waals surface area contributed by atoms with Crippen molar-refractivity contribution in [2.45, 2.75) is 77.6 Å². The van der Waals surface area contributed by atoms with Crippen molar-refractivity contribution in [3.63, 3.8) is 0 Å². The molecule has 0 aliphatic carbocycles. The Bertz CT molecular complexity index is 592. The normalized spacial score (nSPS) is 24.6. The van der Waals surface area contributed by atoms with Crippen molar-refractivity contribution < 1.29 is 9.53 Å². The van der Waals surface area contributed by atoms with E-state index in [1.165, 1.54) is 0 Å². The minimum Gasteiger partial charge on any atom is -0.444 e. The number of likely N-dealkylation sites (tertiary alicyclic amines) is 1. The number of piperidine rings is 1. The highest BCUT2D eigenvalue weighted by Crippen LogP contribution is 2.18. The Morgan fingerprint density at radius 3 is 2.75 bits per heavy atom. The smallest absolute Gasteiger partial charge is 0.410 e. The van der Waals surface area contributed by atoms with Gasteiger partial charge in [0.1, 0.15) is 17.2 Å². The van der Waals surface area contributed by atoms with E-state index >= 15 is 0 Å². The third-order valence-electron chi connectivity index (χ3n) is 4.51. The molecule has 24 heavy (non-hydrogen) atoms. The van der Waals surface area contributed by atoms with Gasteiger partial charge in [-0.1, -0.05) is 0 Å². The fraction of sp³-hybridized carbons (Fsp3) is 0.824. The van der Waals surface area contributed by atoms with Crippen LogP contribution in [0.2, 0.25) is 0 Å². The van der Waals surface area contributed by atoms with E-state index in [4.69, 9.17) is 4.74 Å². The average molecular weight is 335 g/mol. The molecule has 3 rings (SSSR count). The molecule has 0 radical (unpaired) electrons. The number of carbonyl (C=O) groups is 1. The van der Waals surface area contributed by atoms with Crippen LogP contribution in [-0.4, -0.2) is 56.5 Å². The Balaban J connectivity index is 1.53. The first kappa shape index (κ1) is 17.2. The van der Waals surface area contributed by atoms with Gasteiger partial charge < -0.3 is 15.0 Å². The van der Waals surface area contributed by atoms with Crippen LogP contribution in [0.3, 0.4) is 0 Å². The molecule has 0 aromatic carbocycles. The molecule has 1 amide bonds. The number of rotatable bonds is 2. The van der Waals surface area contributed by atoms with E-state index in [-0.39, 0.29) is 6.09 Å². The van der Waals surface area contributed by atoms with Gasteiger partial charge in [-0.2, -0.15) is 5.10 Å². The van der Waals surface area contributed by atoms with Crippen LogP contribution in [-0.2, 0) is 17.7 Å². The number of hydrogen-bond donors (Lipinski definition) is 1. The van der Waals surface area contributed by atoms with E-state index in [9.17, 15) is 4.79 Å². The van der Waals surface area contributed by atoms with E-state index in [1.807, 2.05) is 37.3 Å². The Morgan fingerprint density at radius 1 is 1.25 bits per heavy atom. The molecule has 1 aromatic rings. The number of amides is 1. The molecule has 134 valence electrons. The Labute approximate surface area is 143 Å². The summed E-state index contributed by atoms with van der Waals surface area (Å²) >= 11 is 0. The van der Waals surface area contributed by atoms with Gasteiger partial charge in [0.15, 0.2) is 0 Å². The quantitative estimate of drug-likeness (QED) is 0.893. The van der Waals surface area contributed by atoms with Crippen molar-refractivity contribution in [3.8, 4) is 0 Å². The second kappa shape index (κ2) is 6.70. The molecule has 2 atom stereocenters. The lowest BCUT2D eigenvalue weighted by Crippen LogP contribution is -2.53. The van der Waals surface area contributed by atoms with E-state index in [1.54, 1.807) is 0 Å².